The van der Waals surface area contributed by atoms with Crippen LogP contribution in [0.15, 0.2) is 36.1 Å². The lowest BCUT2D eigenvalue weighted by Gasteiger charge is -2.14. The summed E-state index contributed by atoms with van der Waals surface area (Å²) >= 11 is 0. The van der Waals surface area contributed by atoms with Gasteiger partial charge in [-0.2, -0.15) is 0 Å². The fourth-order valence-corrected chi connectivity index (χ4v) is 2.14. The standard InChI is InChI=1S/C14H19O7P/c1-11(21-22(16,18-3)19-4)9-14(15)20-10-12-5-7-13(17-2)8-6-12/h5-9H,10H2,1-4H3. The van der Waals surface area contributed by atoms with Crippen molar-refractivity contribution < 1.29 is 32.4 Å². The van der Waals surface area contributed by atoms with E-state index >= 15 is 0 Å². The van der Waals surface area contributed by atoms with Crippen molar-refractivity contribution in [2.45, 2.75) is 13.5 Å². The monoisotopic (exact) mass is 330 g/mol. The number of ether oxygens (including phenoxy) is 2. The molecule has 0 unspecified atom stereocenters. The van der Waals surface area contributed by atoms with Crippen LogP contribution in [0.1, 0.15) is 12.5 Å². The smallest absolute Gasteiger partial charge is 0.497 e. The Labute approximate surface area is 129 Å². The number of allylic oxidation sites excluding steroid dienone is 1. The van der Waals surface area contributed by atoms with Crippen molar-refractivity contribution >= 4 is 13.8 Å². The van der Waals surface area contributed by atoms with Gasteiger partial charge >= 0.3 is 13.8 Å². The van der Waals surface area contributed by atoms with E-state index < -0.39 is 13.8 Å². The molecule has 0 bridgehead atoms. The Morgan fingerprint density at radius 2 is 1.73 bits per heavy atom. The molecule has 1 aromatic carbocycles. The van der Waals surface area contributed by atoms with Gasteiger partial charge in [-0.1, -0.05) is 12.1 Å². The van der Waals surface area contributed by atoms with Crippen molar-refractivity contribution in [1.82, 2.24) is 0 Å². The van der Waals surface area contributed by atoms with Crippen LogP contribution in [0.5, 0.6) is 5.75 Å². The molecule has 0 heterocycles. The van der Waals surface area contributed by atoms with Gasteiger partial charge in [0.2, 0.25) is 0 Å². The maximum absolute atomic E-state index is 11.7. The first-order valence-corrected chi connectivity index (χ1v) is 7.77. The van der Waals surface area contributed by atoms with Crippen LogP contribution in [0.2, 0.25) is 0 Å². The average molecular weight is 330 g/mol. The van der Waals surface area contributed by atoms with E-state index in [2.05, 4.69) is 9.05 Å². The maximum atomic E-state index is 11.7. The van der Waals surface area contributed by atoms with Gasteiger partial charge in [0.25, 0.3) is 0 Å². The molecule has 0 aromatic heterocycles. The van der Waals surface area contributed by atoms with E-state index in [0.717, 1.165) is 11.6 Å². The molecule has 22 heavy (non-hydrogen) atoms. The Bertz CT molecular complexity index is 557. The van der Waals surface area contributed by atoms with Crippen molar-refractivity contribution in [2.75, 3.05) is 21.3 Å². The molecular weight excluding hydrogens is 311 g/mol. The summed E-state index contributed by atoms with van der Waals surface area (Å²) in [6, 6.07) is 7.09. The summed E-state index contributed by atoms with van der Waals surface area (Å²) in [5.74, 6) is 0.146. The first-order chi connectivity index (χ1) is 10.4. The third kappa shape index (κ3) is 5.89. The molecule has 0 N–H and O–H groups in total. The third-order valence-corrected chi connectivity index (χ3v) is 3.97. The fraction of sp³-hybridized carbons (Fsp3) is 0.357. The van der Waals surface area contributed by atoms with E-state index in [1.807, 2.05) is 0 Å². The number of benzene rings is 1. The van der Waals surface area contributed by atoms with Crippen molar-refractivity contribution in [1.29, 1.82) is 0 Å². The number of carbonyl (C=O) groups is 1. The maximum Gasteiger partial charge on any atom is 0.529 e. The largest absolute Gasteiger partial charge is 0.529 e. The summed E-state index contributed by atoms with van der Waals surface area (Å²) in [7, 11) is 0.261. The summed E-state index contributed by atoms with van der Waals surface area (Å²) in [5.41, 5.74) is 0.806. The van der Waals surface area contributed by atoms with Crippen LogP contribution in [0.4, 0.5) is 0 Å². The Balaban J connectivity index is 2.54. The number of hydrogen-bond donors (Lipinski definition) is 0. The second kappa shape index (κ2) is 8.58. The van der Waals surface area contributed by atoms with E-state index in [0.29, 0.717) is 5.75 Å². The lowest BCUT2D eigenvalue weighted by atomic mass is 10.2. The Morgan fingerprint density at radius 1 is 1.14 bits per heavy atom. The highest BCUT2D eigenvalue weighted by atomic mass is 31.2. The van der Waals surface area contributed by atoms with Gasteiger partial charge in [0.1, 0.15) is 18.1 Å². The molecular formula is C14H19O7P. The van der Waals surface area contributed by atoms with Crippen LogP contribution >= 0.6 is 7.82 Å². The lowest BCUT2D eigenvalue weighted by Crippen LogP contribution is -2.03. The highest BCUT2D eigenvalue weighted by Crippen LogP contribution is 2.49. The summed E-state index contributed by atoms with van der Waals surface area (Å²) in [6.07, 6.45) is 1.06. The Kier molecular flexibility index (Phi) is 7.11. The zero-order valence-electron chi connectivity index (χ0n) is 12.9. The van der Waals surface area contributed by atoms with E-state index in [9.17, 15) is 9.36 Å². The summed E-state index contributed by atoms with van der Waals surface area (Å²) in [4.78, 5) is 11.6. The number of hydrogen-bond acceptors (Lipinski definition) is 7. The molecule has 7 nitrogen and oxygen atoms in total. The molecule has 0 aliphatic carbocycles. The molecule has 0 radical (unpaired) electrons. The second-order valence-electron chi connectivity index (χ2n) is 4.11. The number of phosphoric ester groups is 1. The van der Waals surface area contributed by atoms with Crippen LogP contribution in [0.25, 0.3) is 0 Å². The van der Waals surface area contributed by atoms with Crippen LogP contribution in [-0.4, -0.2) is 27.3 Å². The molecule has 122 valence electrons. The summed E-state index contributed by atoms with van der Waals surface area (Å²) < 4.78 is 35.9. The zero-order chi connectivity index (χ0) is 16.6. The topological polar surface area (TPSA) is 80.3 Å². The van der Waals surface area contributed by atoms with Crippen molar-refractivity contribution in [2.24, 2.45) is 0 Å². The summed E-state index contributed by atoms with van der Waals surface area (Å²) in [6.45, 7) is 1.54. The minimum atomic E-state index is -3.67. The highest BCUT2D eigenvalue weighted by Gasteiger charge is 2.24. The molecule has 0 saturated heterocycles. The van der Waals surface area contributed by atoms with Gasteiger partial charge in [0, 0.05) is 14.2 Å². The van der Waals surface area contributed by atoms with Crippen molar-refractivity contribution in [3.05, 3.63) is 41.7 Å². The van der Waals surface area contributed by atoms with E-state index in [4.69, 9.17) is 14.0 Å². The molecule has 0 spiro atoms. The Morgan fingerprint density at radius 3 is 2.23 bits per heavy atom. The molecule has 0 fully saturated rings. The van der Waals surface area contributed by atoms with Gasteiger partial charge in [0.05, 0.1) is 13.2 Å². The third-order valence-electron chi connectivity index (χ3n) is 2.56. The SMILES string of the molecule is COc1ccc(COC(=O)C=C(C)OP(=O)(OC)OC)cc1. The van der Waals surface area contributed by atoms with Crippen molar-refractivity contribution in [3.63, 3.8) is 0 Å². The lowest BCUT2D eigenvalue weighted by molar-refractivity contribution is -0.139. The number of esters is 1. The number of phosphoric acid groups is 1. The number of carbonyl (C=O) groups excluding carboxylic acids is 1. The molecule has 0 amide bonds. The molecule has 0 atom stereocenters. The molecule has 8 heteroatoms. The Hall–Kier alpha value is -1.82. The highest BCUT2D eigenvalue weighted by molar-refractivity contribution is 7.48. The van der Waals surface area contributed by atoms with E-state index in [1.165, 1.54) is 21.1 Å². The molecule has 0 aliphatic heterocycles. The van der Waals surface area contributed by atoms with Gasteiger partial charge < -0.3 is 14.0 Å². The predicted octanol–water partition coefficient (Wildman–Crippen LogP) is 3.06. The second-order valence-corrected chi connectivity index (χ2v) is 5.92. The fourth-order valence-electron chi connectivity index (χ4n) is 1.44. The van der Waals surface area contributed by atoms with Crippen LogP contribution < -0.4 is 4.74 Å². The first-order valence-electron chi connectivity index (χ1n) is 6.31. The molecule has 1 rings (SSSR count). The van der Waals surface area contributed by atoms with E-state index in [-0.39, 0.29) is 12.4 Å². The molecule has 0 saturated carbocycles. The summed E-state index contributed by atoms with van der Waals surface area (Å²) in [5, 5.41) is 0. The van der Waals surface area contributed by atoms with Crippen LogP contribution in [-0.2, 0) is 34.3 Å². The van der Waals surface area contributed by atoms with Crippen LogP contribution in [0.3, 0.4) is 0 Å². The minimum Gasteiger partial charge on any atom is -0.497 e. The van der Waals surface area contributed by atoms with Gasteiger partial charge in [-0.15, -0.1) is 0 Å². The van der Waals surface area contributed by atoms with Crippen molar-refractivity contribution in [3.8, 4) is 5.75 Å². The van der Waals surface area contributed by atoms with Gasteiger partial charge in [-0.05, 0) is 24.6 Å². The van der Waals surface area contributed by atoms with Gasteiger partial charge in [0.15, 0.2) is 0 Å². The first kappa shape index (κ1) is 18.2. The number of rotatable bonds is 8. The molecule has 0 aliphatic rings. The van der Waals surface area contributed by atoms with Gasteiger partial charge in [-0.3, -0.25) is 9.05 Å². The quantitative estimate of drug-likeness (QED) is 0.314. The normalized spacial score (nSPS) is 11.9. The van der Waals surface area contributed by atoms with E-state index in [1.54, 1.807) is 31.4 Å². The van der Waals surface area contributed by atoms with Crippen LogP contribution in [0, 0.1) is 0 Å². The molecule has 1 aromatic rings. The average Bonchev–Trinajstić information content (AvgIpc) is 2.53. The number of methoxy groups -OCH3 is 1. The zero-order valence-corrected chi connectivity index (χ0v) is 13.8. The van der Waals surface area contributed by atoms with Gasteiger partial charge in [-0.25, -0.2) is 9.36 Å². The predicted molar refractivity (Wildman–Crippen MR) is 79.3 cm³/mol. The minimum absolute atomic E-state index is 0.0618.